The summed E-state index contributed by atoms with van der Waals surface area (Å²) in [5.41, 5.74) is 3.29. The predicted molar refractivity (Wildman–Crippen MR) is 141 cm³/mol. The van der Waals surface area contributed by atoms with Crippen molar-refractivity contribution in [1.29, 1.82) is 0 Å². The van der Waals surface area contributed by atoms with Crippen LogP contribution in [0.2, 0.25) is 0 Å². The molecule has 0 saturated carbocycles. The summed E-state index contributed by atoms with van der Waals surface area (Å²) < 4.78 is 19.0. The second-order valence-corrected chi connectivity index (χ2v) is 9.89. The number of carbonyl (C=O) groups is 1. The molecule has 2 fully saturated rings. The highest BCUT2D eigenvalue weighted by atomic mass is 32.2. The number of hydrogen-bond donors (Lipinski definition) is 0. The van der Waals surface area contributed by atoms with Crippen LogP contribution in [0.1, 0.15) is 18.4 Å². The molecule has 3 aromatic rings. The van der Waals surface area contributed by atoms with Gasteiger partial charge in [0.15, 0.2) is 11.5 Å². The monoisotopic (exact) mass is 507 g/mol. The molecule has 0 unspecified atom stereocenters. The minimum atomic E-state index is -0.0961. The molecule has 7 nitrogen and oxygen atoms in total. The molecule has 0 spiro atoms. The molecule has 1 amide bonds. The molecule has 2 aliphatic heterocycles. The predicted octanol–water partition coefficient (Wildman–Crippen LogP) is 4.94. The van der Waals surface area contributed by atoms with Gasteiger partial charge in [0.25, 0.3) is 5.91 Å². The number of rotatable bonds is 7. The Morgan fingerprint density at radius 2 is 1.97 bits per heavy atom. The smallest absolute Gasteiger partial charge is 0.266 e. The Hall–Kier alpha value is -3.14. The van der Waals surface area contributed by atoms with Gasteiger partial charge in [-0.15, -0.1) is 0 Å². The SMILES string of the molecule is COc1ccc(-c2nn(-c3ccccc3)cc2/C=C2\SC(=S)N(C[C@@H]3CCCO3)C2=O)cc1OC. The number of hydrogen-bond acceptors (Lipinski definition) is 7. The Morgan fingerprint density at radius 1 is 1.17 bits per heavy atom. The third-order valence-corrected chi connectivity index (χ3v) is 7.37. The van der Waals surface area contributed by atoms with Crippen molar-refractivity contribution < 1.29 is 19.0 Å². The van der Waals surface area contributed by atoms with Crippen molar-refractivity contribution in [1.82, 2.24) is 14.7 Å². The molecule has 2 aromatic carbocycles. The Morgan fingerprint density at radius 3 is 2.69 bits per heavy atom. The zero-order valence-corrected chi connectivity index (χ0v) is 21.1. The van der Waals surface area contributed by atoms with Gasteiger partial charge in [-0.2, -0.15) is 5.10 Å². The van der Waals surface area contributed by atoms with Crippen LogP contribution in [0.25, 0.3) is 23.0 Å². The van der Waals surface area contributed by atoms with Crippen LogP contribution in [-0.2, 0) is 9.53 Å². The summed E-state index contributed by atoms with van der Waals surface area (Å²) in [6.07, 6.45) is 5.80. The Bertz CT molecular complexity index is 1280. The fraction of sp³-hybridized carbons (Fsp3) is 0.269. The highest BCUT2D eigenvalue weighted by molar-refractivity contribution is 8.26. The number of ether oxygens (including phenoxy) is 3. The van der Waals surface area contributed by atoms with E-state index in [0.29, 0.717) is 27.3 Å². The number of thioether (sulfide) groups is 1. The lowest BCUT2D eigenvalue weighted by Gasteiger charge is -2.18. The van der Waals surface area contributed by atoms with E-state index < -0.39 is 0 Å². The van der Waals surface area contributed by atoms with Crippen LogP contribution in [0.15, 0.2) is 59.6 Å². The number of nitrogens with zero attached hydrogens (tertiary/aromatic N) is 3. The summed E-state index contributed by atoms with van der Waals surface area (Å²) in [4.78, 5) is 15.5. The molecule has 9 heteroatoms. The zero-order chi connectivity index (χ0) is 24.4. The third kappa shape index (κ3) is 4.84. The second-order valence-electron chi connectivity index (χ2n) is 8.21. The minimum Gasteiger partial charge on any atom is -0.493 e. The van der Waals surface area contributed by atoms with Gasteiger partial charge in [-0.25, -0.2) is 4.68 Å². The van der Waals surface area contributed by atoms with Crippen LogP contribution in [0, 0.1) is 0 Å². The number of carbonyl (C=O) groups excluding carboxylic acids is 1. The summed E-state index contributed by atoms with van der Waals surface area (Å²) in [7, 11) is 3.20. The van der Waals surface area contributed by atoms with Crippen molar-refractivity contribution in [2.45, 2.75) is 18.9 Å². The molecule has 180 valence electrons. The highest BCUT2D eigenvalue weighted by Gasteiger charge is 2.35. The standard InChI is InChI=1S/C26H25N3O4S2/c1-31-21-11-10-17(13-22(21)32-2)24-18(15-29(27-24)19-7-4-3-5-8-19)14-23-25(30)28(26(34)35-23)16-20-9-6-12-33-20/h3-5,7-8,10-11,13-15,20H,6,9,12,16H2,1-2H3/b23-14-/t20-/m0/s1. The average Bonchev–Trinajstić information content (AvgIpc) is 3.62. The molecular formula is C26H25N3O4S2. The number of aromatic nitrogens is 2. The molecule has 5 rings (SSSR count). The largest absolute Gasteiger partial charge is 0.493 e. The van der Waals surface area contributed by atoms with E-state index in [1.165, 1.54) is 11.8 Å². The molecule has 35 heavy (non-hydrogen) atoms. The molecule has 0 aliphatic carbocycles. The molecule has 1 aromatic heterocycles. The van der Waals surface area contributed by atoms with Crippen molar-refractivity contribution in [2.24, 2.45) is 0 Å². The fourth-order valence-electron chi connectivity index (χ4n) is 4.20. The summed E-state index contributed by atoms with van der Waals surface area (Å²) in [6, 6.07) is 15.5. The molecule has 2 aliphatic rings. The van der Waals surface area contributed by atoms with Gasteiger partial charge in [0, 0.05) is 23.9 Å². The number of methoxy groups -OCH3 is 2. The molecule has 2 saturated heterocycles. The minimum absolute atomic E-state index is 0.0417. The van der Waals surface area contributed by atoms with Crippen molar-refractivity contribution in [3.63, 3.8) is 0 Å². The first-order valence-corrected chi connectivity index (χ1v) is 12.5. The fourth-order valence-corrected chi connectivity index (χ4v) is 5.47. The van der Waals surface area contributed by atoms with Gasteiger partial charge in [-0.05, 0) is 49.2 Å². The molecule has 0 radical (unpaired) electrons. The first-order valence-electron chi connectivity index (χ1n) is 11.3. The number of amides is 1. The van der Waals surface area contributed by atoms with Gasteiger partial charge < -0.3 is 14.2 Å². The Kier molecular flexibility index (Phi) is 6.90. The number of para-hydroxylation sites is 1. The lowest BCUT2D eigenvalue weighted by molar-refractivity contribution is -0.123. The van der Waals surface area contributed by atoms with E-state index in [1.807, 2.05) is 65.5 Å². The topological polar surface area (TPSA) is 65.8 Å². The van der Waals surface area contributed by atoms with Crippen molar-refractivity contribution in [2.75, 3.05) is 27.4 Å². The lowest BCUT2D eigenvalue weighted by atomic mass is 10.1. The zero-order valence-electron chi connectivity index (χ0n) is 19.5. The van der Waals surface area contributed by atoms with Crippen LogP contribution in [0.4, 0.5) is 0 Å². The Balaban J connectivity index is 1.54. The van der Waals surface area contributed by atoms with Gasteiger partial charge in [0.1, 0.15) is 10.0 Å². The quantitative estimate of drug-likeness (QED) is 0.332. The van der Waals surface area contributed by atoms with Gasteiger partial charge in [-0.1, -0.05) is 42.2 Å². The average molecular weight is 508 g/mol. The van der Waals surface area contributed by atoms with E-state index in [4.69, 9.17) is 31.5 Å². The maximum atomic E-state index is 13.2. The summed E-state index contributed by atoms with van der Waals surface area (Å²) in [5.74, 6) is 1.14. The second kappa shape index (κ2) is 10.2. The van der Waals surface area contributed by atoms with E-state index in [2.05, 4.69) is 0 Å². The van der Waals surface area contributed by atoms with Crippen LogP contribution in [0.3, 0.4) is 0 Å². The summed E-state index contributed by atoms with van der Waals surface area (Å²) >= 11 is 6.85. The van der Waals surface area contributed by atoms with Crippen LogP contribution in [-0.4, -0.2) is 58.4 Å². The summed E-state index contributed by atoms with van der Waals surface area (Å²) in [5, 5.41) is 4.86. The van der Waals surface area contributed by atoms with E-state index in [1.54, 1.807) is 19.1 Å². The summed E-state index contributed by atoms with van der Waals surface area (Å²) in [6.45, 7) is 1.23. The van der Waals surface area contributed by atoms with Crippen molar-refractivity contribution in [3.8, 4) is 28.4 Å². The van der Waals surface area contributed by atoms with Gasteiger partial charge in [0.2, 0.25) is 0 Å². The molecule has 0 bridgehead atoms. The maximum absolute atomic E-state index is 13.2. The molecular weight excluding hydrogens is 482 g/mol. The number of thiocarbonyl (C=S) groups is 1. The van der Waals surface area contributed by atoms with E-state index in [0.717, 1.165) is 42.0 Å². The normalized spacial score (nSPS) is 19.1. The van der Waals surface area contributed by atoms with Crippen molar-refractivity contribution >= 4 is 40.3 Å². The molecule has 0 N–H and O–H groups in total. The van der Waals surface area contributed by atoms with Crippen molar-refractivity contribution in [3.05, 3.63) is 65.2 Å². The number of benzene rings is 2. The molecule has 3 heterocycles. The maximum Gasteiger partial charge on any atom is 0.266 e. The Labute approximate surface area is 213 Å². The lowest BCUT2D eigenvalue weighted by Crippen LogP contribution is -2.35. The van der Waals surface area contributed by atoms with E-state index in [-0.39, 0.29) is 12.0 Å². The van der Waals surface area contributed by atoms with Gasteiger partial charge >= 0.3 is 0 Å². The van der Waals surface area contributed by atoms with Gasteiger partial charge in [0.05, 0.1) is 37.5 Å². The third-order valence-electron chi connectivity index (χ3n) is 5.99. The van der Waals surface area contributed by atoms with E-state index in [9.17, 15) is 4.79 Å². The highest BCUT2D eigenvalue weighted by Crippen LogP contribution is 2.37. The molecule has 1 atom stereocenters. The van der Waals surface area contributed by atoms with Gasteiger partial charge in [-0.3, -0.25) is 9.69 Å². The van der Waals surface area contributed by atoms with Crippen LogP contribution in [0.5, 0.6) is 11.5 Å². The first-order chi connectivity index (χ1) is 17.1. The van der Waals surface area contributed by atoms with Crippen LogP contribution < -0.4 is 9.47 Å². The first kappa shape index (κ1) is 23.6. The van der Waals surface area contributed by atoms with Crippen LogP contribution >= 0.6 is 24.0 Å². The van der Waals surface area contributed by atoms with E-state index >= 15 is 0 Å².